The van der Waals surface area contributed by atoms with Crippen LogP contribution in [0.25, 0.3) is 0 Å². The average molecular weight is 445 g/mol. The monoisotopic (exact) mass is 444 g/mol. The highest BCUT2D eigenvalue weighted by molar-refractivity contribution is 5.85. The van der Waals surface area contributed by atoms with E-state index in [-0.39, 0.29) is 36.5 Å². The molecule has 1 atom stereocenters. The van der Waals surface area contributed by atoms with Gasteiger partial charge in [0, 0.05) is 38.6 Å². The van der Waals surface area contributed by atoms with Gasteiger partial charge in [0.15, 0.2) is 0 Å². The van der Waals surface area contributed by atoms with E-state index < -0.39 is 12.0 Å². The maximum Gasteiger partial charge on any atom is 0.573 e. The molecule has 2 N–H and O–H groups in total. The fourth-order valence-corrected chi connectivity index (χ4v) is 4.18. The third kappa shape index (κ3) is 6.95. The number of nitrogens with zero attached hydrogens (tertiary/aromatic N) is 1. The van der Waals surface area contributed by atoms with Crippen molar-refractivity contribution in [3.8, 4) is 5.75 Å². The Morgan fingerprint density at radius 3 is 2.36 bits per heavy atom. The van der Waals surface area contributed by atoms with Crippen molar-refractivity contribution in [3.05, 3.63) is 29.8 Å². The Bertz CT molecular complexity index is 593. The summed E-state index contributed by atoms with van der Waals surface area (Å²) in [6.07, 6.45) is -0.336. The second-order valence-electron chi connectivity index (χ2n) is 7.39. The standard InChI is InChI=1S/C19H27F3N2O2.2ClH/c20-19(21,22)26-16-6-4-5-15(13-16)17(14-24-11-9-23-10-12-24)18(25)7-2-1-3-8-18;;/h4-6,13,17,23,25H,1-3,7-12,14H2;2*1H/t17-;;/m1../s1. The van der Waals surface area contributed by atoms with Gasteiger partial charge in [-0.15, -0.1) is 38.0 Å². The molecular weight excluding hydrogens is 416 g/mol. The third-order valence-corrected chi connectivity index (χ3v) is 5.51. The van der Waals surface area contributed by atoms with Crippen molar-refractivity contribution < 1.29 is 23.0 Å². The Morgan fingerprint density at radius 2 is 1.75 bits per heavy atom. The molecule has 1 saturated carbocycles. The van der Waals surface area contributed by atoms with E-state index in [1.54, 1.807) is 6.07 Å². The first-order valence-corrected chi connectivity index (χ1v) is 9.37. The van der Waals surface area contributed by atoms with Gasteiger partial charge in [0.25, 0.3) is 0 Å². The van der Waals surface area contributed by atoms with Gasteiger partial charge in [-0.1, -0.05) is 31.4 Å². The molecule has 162 valence electrons. The predicted octanol–water partition coefficient (Wildman–Crippen LogP) is 4.11. The van der Waals surface area contributed by atoms with Crippen molar-refractivity contribution in [3.63, 3.8) is 0 Å². The maximum atomic E-state index is 12.6. The molecule has 1 aromatic rings. The van der Waals surface area contributed by atoms with Gasteiger partial charge >= 0.3 is 6.36 Å². The Labute approximate surface area is 176 Å². The lowest BCUT2D eigenvalue weighted by Crippen LogP contribution is -2.49. The molecule has 0 unspecified atom stereocenters. The van der Waals surface area contributed by atoms with Gasteiger partial charge < -0.3 is 20.1 Å². The summed E-state index contributed by atoms with van der Waals surface area (Å²) in [5, 5.41) is 14.6. The number of piperazine rings is 1. The summed E-state index contributed by atoms with van der Waals surface area (Å²) in [6.45, 7) is 4.19. The van der Waals surface area contributed by atoms with E-state index >= 15 is 0 Å². The minimum absolute atomic E-state index is 0. The van der Waals surface area contributed by atoms with Gasteiger partial charge in [-0.05, 0) is 30.5 Å². The average Bonchev–Trinajstić information content (AvgIpc) is 2.60. The fraction of sp³-hybridized carbons (Fsp3) is 0.684. The summed E-state index contributed by atoms with van der Waals surface area (Å²) >= 11 is 0. The number of alkyl halides is 3. The first-order chi connectivity index (χ1) is 12.4. The van der Waals surface area contributed by atoms with E-state index in [2.05, 4.69) is 15.0 Å². The summed E-state index contributed by atoms with van der Waals surface area (Å²) in [5.74, 6) is -0.447. The molecule has 2 aliphatic rings. The van der Waals surface area contributed by atoms with Crippen LogP contribution in [-0.4, -0.2) is 54.7 Å². The third-order valence-electron chi connectivity index (χ3n) is 5.51. The second kappa shape index (κ2) is 10.9. The van der Waals surface area contributed by atoms with Crippen LogP contribution >= 0.6 is 24.8 Å². The molecule has 0 bridgehead atoms. The molecule has 28 heavy (non-hydrogen) atoms. The van der Waals surface area contributed by atoms with Crippen LogP contribution in [-0.2, 0) is 0 Å². The number of nitrogens with one attached hydrogen (secondary N) is 1. The molecule has 1 saturated heterocycles. The summed E-state index contributed by atoms with van der Waals surface area (Å²) in [5.41, 5.74) is -0.158. The number of hydrogen-bond donors (Lipinski definition) is 2. The molecule has 1 aromatic carbocycles. The molecule has 1 heterocycles. The largest absolute Gasteiger partial charge is 0.573 e. The van der Waals surface area contributed by atoms with Gasteiger partial charge in [-0.3, -0.25) is 0 Å². The van der Waals surface area contributed by atoms with E-state index in [1.165, 1.54) is 12.1 Å². The zero-order chi connectivity index (χ0) is 18.6. The number of benzene rings is 1. The molecular formula is C19H29Cl2F3N2O2. The van der Waals surface area contributed by atoms with Gasteiger partial charge in [0.1, 0.15) is 5.75 Å². The van der Waals surface area contributed by atoms with Crippen LogP contribution in [0.15, 0.2) is 24.3 Å². The molecule has 0 spiro atoms. The molecule has 9 heteroatoms. The maximum absolute atomic E-state index is 12.6. The van der Waals surface area contributed by atoms with E-state index in [0.717, 1.165) is 51.0 Å². The summed E-state index contributed by atoms with van der Waals surface area (Å²) in [4.78, 5) is 2.28. The minimum atomic E-state index is -4.71. The number of ether oxygens (including phenoxy) is 1. The number of rotatable bonds is 5. The van der Waals surface area contributed by atoms with E-state index in [4.69, 9.17) is 0 Å². The van der Waals surface area contributed by atoms with Crippen molar-refractivity contribution >= 4 is 24.8 Å². The highest BCUT2D eigenvalue weighted by Gasteiger charge is 2.40. The van der Waals surface area contributed by atoms with Crippen molar-refractivity contribution in [2.24, 2.45) is 0 Å². The van der Waals surface area contributed by atoms with Crippen LogP contribution in [0.2, 0.25) is 0 Å². The highest BCUT2D eigenvalue weighted by Crippen LogP contribution is 2.41. The minimum Gasteiger partial charge on any atom is -0.406 e. The SMILES string of the molecule is Cl.Cl.OC1([C@H](CN2CCNCC2)c2cccc(OC(F)(F)F)c2)CCCCC1. The van der Waals surface area contributed by atoms with Gasteiger partial charge in [0.2, 0.25) is 0 Å². The van der Waals surface area contributed by atoms with Crippen LogP contribution in [0.5, 0.6) is 5.75 Å². The van der Waals surface area contributed by atoms with Gasteiger partial charge in [-0.2, -0.15) is 0 Å². The first kappa shape index (κ1) is 25.3. The molecule has 0 amide bonds. The first-order valence-electron chi connectivity index (χ1n) is 9.37. The Hall–Kier alpha value is -0.730. The number of hydrogen-bond acceptors (Lipinski definition) is 4. The van der Waals surface area contributed by atoms with Crippen molar-refractivity contribution in [1.29, 1.82) is 0 Å². The second-order valence-corrected chi connectivity index (χ2v) is 7.39. The zero-order valence-electron chi connectivity index (χ0n) is 15.7. The molecule has 4 nitrogen and oxygen atoms in total. The van der Waals surface area contributed by atoms with Crippen LogP contribution in [0.4, 0.5) is 13.2 Å². The fourth-order valence-electron chi connectivity index (χ4n) is 4.18. The van der Waals surface area contributed by atoms with E-state index in [1.807, 2.05) is 6.07 Å². The van der Waals surface area contributed by atoms with Crippen LogP contribution in [0.1, 0.15) is 43.6 Å². The van der Waals surface area contributed by atoms with Crippen molar-refractivity contribution in [2.75, 3.05) is 32.7 Å². The van der Waals surface area contributed by atoms with Crippen LogP contribution in [0.3, 0.4) is 0 Å². The van der Waals surface area contributed by atoms with Crippen molar-refractivity contribution in [2.45, 2.75) is 50.0 Å². The Balaban J connectivity index is 0.00000196. The number of halogens is 5. The highest BCUT2D eigenvalue weighted by atomic mass is 35.5. The van der Waals surface area contributed by atoms with E-state index in [9.17, 15) is 18.3 Å². The lowest BCUT2D eigenvalue weighted by Gasteiger charge is -2.42. The van der Waals surface area contributed by atoms with Gasteiger partial charge in [-0.25, -0.2) is 0 Å². The quantitative estimate of drug-likeness (QED) is 0.716. The Kier molecular flexibility index (Phi) is 9.83. The van der Waals surface area contributed by atoms with Crippen molar-refractivity contribution in [1.82, 2.24) is 10.2 Å². The molecule has 2 fully saturated rings. The molecule has 1 aliphatic heterocycles. The Morgan fingerprint density at radius 1 is 1.11 bits per heavy atom. The number of aliphatic hydroxyl groups is 1. The van der Waals surface area contributed by atoms with Crippen LogP contribution in [0, 0.1) is 0 Å². The normalized spacial score (nSPS) is 21.1. The van der Waals surface area contributed by atoms with E-state index in [0.29, 0.717) is 19.4 Å². The smallest absolute Gasteiger partial charge is 0.406 e. The lowest BCUT2D eigenvalue weighted by atomic mass is 9.72. The topological polar surface area (TPSA) is 44.7 Å². The molecule has 0 aromatic heterocycles. The van der Waals surface area contributed by atoms with Gasteiger partial charge in [0.05, 0.1) is 5.60 Å². The summed E-state index contributed by atoms with van der Waals surface area (Å²) < 4.78 is 41.9. The summed E-state index contributed by atoms with van der Waals surface area (Å²) in [7, 11) is 0. The lowest BCUT2D eigenvalue weighted by molar-refractivity contribution is -0.274. The summed E-state index contributed by atoms with van der Waals surface area (Å²) in [6, 6.07) is 6.13. The zero-order valence-corrected chi connectivity index (χ0v) is 17.3. The predicted molar refractivity (Wildman–Crippen MR) is 108 cm³/mol. The molecule has 0 radical (unpaired) electrons. The van der Waals surface area contributed by atoms with Crippen LogP contribution < -0.4 is 10.1 Å². The molecule has 1 aliphatic carbocycles. The molecule has 3 rings (SSSR count).